The van der Waals surface area contributed by atoms with Gasteiger partial charge in [-0.3, -0.25) is 4.79 Å². The summed E-state index contributed by atoms with van der Waals surface area (Å²) in [5, 5.41) is 7.31. The smallest absolute Gasteiger partial charge is 0.211 e. The largest absolute Gasteiger partial charge is 0.358 e. The third-order valence-corrected chi connectivity index (χ3v) is 3.83. The zero-order chi connectivity index (χ0) is 12.5. The summed E-state index contributed by atoms with van der Waals surface area (Å²) in [6, 6.07) is 6.51. The summed E-state index contributed by atoms with van der Waals surface area (Å²) >= 11 is 0. The van der Waals surface area contributed by atoms with Crippen LogP contribution in [0.2, 0.25) is 0 Å². The molecule has 1 atom stereocenters. The van der Waals surface area contributed by atoms with Gasteiger partial charge in [-0.25, -0.2) is 0 Å². The van der Waals surface area contributed by atoms with E-state index in [0.29, 0.717) is 6.04 Å². The van der Waals surface area contributed by atoms with Crippen molar-refractivity contribution in [2.24, 2.45) is 0 Å². The van der Waals surface area contributed by atoms with Crippen molar-refractivity contribution in [1.29, 1.82) is 0 Å². The number of amides is 1. The Bertz CT molecular complexity index is 588. The molecule has 1 aliphatic carbocycles. The Morgan fingerprint density at radius 2 is 2.33 bits per heavy atom. The number of carbonyl (C=O) groups is 1. The lowest BCUT2D eigenvalue weighted by molar-refractivity contribution is -0.105. The molecule has 0 bridgehead atoms. The first-order valence-corrected chi connectivity index (χ1v) is 6.33. The highest BCUT2D eigenvalue weighted by Crippen LogP contribution is 2.33. The Labute approximate surface area is 106 Å². The van der Waals surface area contributed by atoms with Gasteiger partial charge in [0.15, 0.2) is 0 Å². The van der Waals surface area contributed by atoms with E-state index in [9.17, 15) is 4.79 Å². The van der Waals surface area contributed by atoms with Crippen molar-refractivity contribution in [1.82, 2.24) is 10.3 Å². The zero-order valence-electron chi connectivity index (χ0n) is 10.4. The number of benzene rings is 1. The van der Waals surface area contributed by atoms with E-state index in [-0.39, 0.29) is 0 Å². The van der Waals surface area contributed by atoms with Gasteiger partial charge >= 0.3 is 0 Å². The highest BCUT2D eigenvalue weighted by molar-refractivity contribution is 5.99. The molecule has 0 saturated heterocycles. The van der Waals surface area contributed by atoms with Crippen LogP contribution in [0.4, 0.5) is 5.69 Å². The zero-order valence-corrected chi connectivity index (χ0v) is 10.4. The molecule has 1 heterocycles. The predicted octanol–water partition coefficient (Wildman–Crippen LogP) is 1.81. The molecule has 1 amide bonds. The third kappa shape index (κ3) is 1.69. The van der Waals surface area contributed by atoms with E-state index in [4.69, 9.17) is 0 Å². The molecule has 0 aliphatic heterocycles. The monoisotopic (exact) mass is 243 g/mol. The van der Waals surface area contributed by atoms with E-state index in [1.54, 1.807) is 0 Å². The molecule has 0 saturated carbocycles. The maximum atomic E-state index is 10.7. The Balaban J connectivity index is 2.16. The minimum Gasteiger partial charge on any atom is -0.358 e. The van der Waals surface area contributed by atoms with Crippen LogP contribution in [-0.4, -0.2) is 24.5 Å². The minimum absolute atomic E-state index is 0.529. The summed E-state index contributed by atoms with van der Waals surface area (Å²) < 4.78 is 0. The van der Waals surface area contributed by atoms with Crippen LogP contribution in [0.25, 0.3) is 10.9 Å². The summed E-state index contributed by atoms with van der Waals surface area (Å²) in [6.45, 7) is 0. The van der Waals surface area contributed by atoms with Gasteiger partial charge in [0.05, 0.1) is 5.69 Å². The molecule has 0 radical (unpaired) electrons. The molecule has 2 aromatic rings. The summed E-state index contributed by atoms with van der Waals surface area (Å²) in [5.74, 6) is 0. The Morgan fingerprint density at radius 1 is 1.44 bits per heavy atom. The fraction of sp³-hybridized carbons (Fsp3) is 0.357. The van der Waals surface area contributed by atoms with Crippen LogP contribution in [0.5, 0.6) is 0 Å². The second-order valence-corrected chi connectivity index (χ2v) is 4.80. The number of aromatic nitrogens is 1. The van der Waals surface area contributed by atoms with E-state index >= 15 is 0 Å². The van der Waals surface area contributed by atoms with Gasteiger partial charge < -0.3 is 15.6 Å². The first kappa shape index (κ1) is 11.3. The highest BCUT2D eigenvalue weighted by atomic mass is 16.1. The lowest BCUT2D eigenvalue weighted by Gasteiger charge is -2.22. The lowest BCUT2D eigenvalue weighted by Crippen LogP contribution is -2.31. The second kappa shape index (κ2) is 4.46. The van der Waals surface area contributed by atoms with Crippen molar-refractivity contribution in [2.45, 2.75) is 25.3 Å². The average Bonchev–Trinajstić information content (AvgIpc) is 2.77. The van der Waals surface area contributed by atoms with Crippen molar-refractivity contribution in [3.05, 3.63) is 29.5 Å². The molecule has 4 heteroatoms. The average molecular weight is 243 g/mol. The number of aromatic amines is 1. The highest BCUT2D eigenvalue weighted by Gasteiger charge is 2.22. The van der Waals surface area contributed by atoms with Gasteiger partial charge in [0.25, 0.3) is 0 Å². The third-order valence-electron chi connectivity index (χ3n) is 3.83. The van der Waals surface area contributed by atoms with Gasteiger partial charge in [0, 0.05) is 22.6 Å². The predicted molar refractivity (Wildman–Crippen MR) is 72.9 cm³/mol. The van der Waals surface area contributed by atoms with E-state index in [2.05, 4.69) is 21.7 Å². The summed E-state index contributed by atoms with van der Waals surface area (Å²) in [6.07, 6.45) is 3.98. The first-order chi connectivity index (χ1) is 8.83. The van der Waals surface area contributed by atoms with Gasteiger partial charge in [-0.05, 0) is 44.0 Å². The van der Waals surface area contributed by atoms with Crippen LogP contribution >= 0.6 is 0 Å². The Kier molecular flexibility index (Phi) is 2.80. The van der Waals surface area contributed by atoms with E-state index in [1.165, 1.54) is 16.6 Å². The molecule has 3 N–H and O–H groups in total. The Hall–Kier alpha value is -1.81. The van der Waals surface area contributed by atoms with Gasteiger partial charge in [-0.2, -0.15) is 0 Å². The fourth-order valence-corrected chi connectivity index (χ4v) is 2.91. The standard InChI is InChI=1S/C14H17N3O/c1-15-9-5-6-11-10(7-9)14-12(16-8-18)3-2-4-13(14)17-11/h2-4,8-9,15,17H,5-7H2,1H3,(H,16,18)/t9-/m1/s1. The van der Waals surface area contributed by atoms with Gasteiger partial charge in [0.1, 0.15) is 0 Å². The number of H-pyrrole nitrogens is 1. The van der Waals surface area contributed by atoms with E-state index < -0.39 is 0 Å². The van der Waals surface area contributed by atoms with E-state index in [0.717, 1.165) is 36.9 Å². The topological polar surface area (TPSA) is 56.9 Å². The molecule has 0 unspecified atom stereocenters. The molecule has 0 fully saturated rings. The van der Waals surface area contributed by atoms with Crippen molar-refractivity contribution in [3.8, 4) is 0 Å². The minimum atomic E-state index is 0.529. The fourth-order valence-electron chi connectivity index (χ4n) is 2.91. The van der Waals surface area contributed by atoms with Crippen molar-refractivity contribution >= 4 is 23.0 Å². The molecular weight excluding hydrogens is 226 g/mol. The number of fused-ring (bicyclic) bond motifs is 3. The van der Waals surface area contributed by atoms with Gasteiger partial charge in [-0.15, -0.1) is 0 Å². The SMILES string of the molecule is CN[C@@H]1CCc2[nH]c3cccc(NC=O)c3c2C1. The lowest BCUT2D eigenvalue weighted by atomic mass is 9.91. The van der Waals surface area contributed by atoms with Crippen molar-refractivity contribution < 1.29 is 4.79 Å². The van der Waals surface area contributed by atoms with Gasteiger partial charge in [0.2, 0.25) is 6.41 Å². The van der Waals surface area contributed by atoms with E-state index in [1.807, 2.05) is 19.2 Å². The van der Waals surface area contributed by atoms with Crippen LogP contribution in [0.3, 0.4) is 0 Å². The van der Waals surface area contributed by atoms with Crippen LogP contribution in [-0.2, 0) is 17.6 Å². The van der Waals surface area contributed by atoms with Crippen LogP contribution in [0, 0.1) is 0 Å². The molecule has 18 heavy (non-hydrogen) atoms. The molecule has 4 nitrogen and oxygen atoms in total. The number of hydrogen-bond donors (Lipinski definition) is 3. The second-order valence-electron chi connectivity index (χ2n) is 4.80. The van der Waals surface area contributed by atoms with Crippen LogP contribution in [0.15, 0.2) is 18.2 Å². The first-order valence-electron chi connectivity index (χ1n) is 6.33. The van der Waals surface area contributed by atoms with Gasteiger partial charge in [-0.1, -0.05) is 6.07 Å². The number of aryl methyl sites for hydroxylation is 1. The summed E-state index contributed by atoms with van der Waals surface area (Å²) in [5.41, 5.74) is 4.68. The van der Waals surface area contributed by atoms with Crippen LogP contribution < -0.4 is 10.6 Å². The number of anilines is 1. The maximum Gasteiger partial charge on any atom is 0.211 e. The Morgan fingerprint density at radius 3 is 3.11 bits per heavy atom. The molecule has 94 valence electrons. The normalized spacial score (nSPS) is 18.6. The summed E-state index contributed by atoms with van der Waals surface area (Å²) in [4.78, 5) is 14.2. The molecule has 1 aliphatic rings. The number of hydrogen-bond acceptors (Lipinski definition) is 2. The number of carbonyl (C=O) groups excluding carboxylic acids is 1. The van der Waals surface area contributed by atoms with Crippen molar-refractivity contribution in [2.75, 3.05) is 12.4 Å². The molecule has 1 aromatic heterocycles. The summed E-state index contributed by atoms with van der Waals surface area (Å²) in [7, 11) is 2.01. The molecule has 1 aromatic carbocycles. The number of rotatable bonds is 3. The number of likely N-dealkylation sites (N-methyl/N-ethyl adjacent to an activating group) is 1. The molecule has 0 spiro atoms. The van der Waals surface area contributed by atoms with Crippen LogP contribution in [0.1, 0.15) is 17.7 Å². The number of nitrogens with one attached hydrogen (secondary N) is 3. The molecule has 3 rings (SSSR count). The van der Waals surface area contributed by atoms with Crippen molar-refractivity contribution in [3.63, 3.8) is 0 Å². The maximum absolute atomic E-state index is 10.7. The quantitative estimate of drug-likeness (QED) is 0.720. The molecular formula is C14H17N3O.